The Balaban J connectivity index is 1.23. The van der Waals surface area contributed by atoms with E-state index in [0.717, 1.165) is 35.0 Å². The molecule has 0 fully saturated rings. The van der Waals surface area contributed by atoms with Gasteiger partial charge in [-0.15, -0.1) is 0 Å². The highest BCUT2D eigenvalue weighted by Gasteiger charge is 2.39. The van der Waals surface area contributed by atoms with Gasteiger partial charge in [-0.2, -0.15) is 0 Å². The number of pyridine rings is 1. The smallest absolute Gasteiger partial charge is 0.326 e. The minimum absolute atomic E-state index is 0.125. The zero-order chi connectivity index (χ0) is 27.5. The molecule has 7 heteroatoms. The van der Waals surface area contributed by atoms with Crippen LogP contribution in [0.3, 0.4) is 0 Å². The Kier molecular flexibility index (Phi) is 5.32. The number of ether oxygens (including phenoxy) is 1. The zero-order valence-electron chi connectivity index (χ0n) is 23.0. The lowest BCUT2D eigenvalue weighted by molar-refractivity contribution is 0.480. The van der Waals surface area contributed by atoms with Crippen LogP contribution in [0.15, 0.2) is 127 Å². The van der Waals surface area contributed by atoms with E-state index in [1.807, 2.05) is 24.4 Å². The summed E-state index contributed by atoms with van der Waals surface area (Å²) >= 11 is 0. The van der Waals surface area contributed by atoms with Crippen molar-refractivity contribution in [1.82, 2.24) is 19.3 Å². The van der Waals surface area contributed by atoms with Crippen molar-refractivity contribution < 1.29 is 4.74 Å². The van der Waals surface area contributed by atoms with Gasteiger partial charge in [0, 0.05) is 48.0 Å². The maximum absolute atomic E-state index is 6.58. The highest BCUT2D eigenvalue weighted by molar-refractivity contribution is 6.84. The number of hydrogen-bond donors (Lipinski definition) is 0. The van der Waals surface area contributed by atoms with E-state index in [-0.39, 0.29) is 6.85 Å². The van der Waals surface area contributed by atoms with Crippen molar-refractivity contribution in [2.75, 3.05) is 25.7 Å². The summed E-state index contributed by atoms with van der Waals surface area (Å²) in [6, 6.07) is 38.0. The quantitative estimate of drug-likeness (QED) is 0.279. The van der Waals surface area contributed by atoms with Gasteiger partial charge in [-0.1, -0.05) is 66.1 Å². The molecule has 6 aromatic rings. The first-order chi connectivity index (χ1) is 20.2. The SMILES string of the molecule is CN1C=C2N(C)B(c3ccccc3)c3ccc(Oc4ccc5c6ccccc6n(-c6ccccn6)c5c4)cc3N2C1. The molecule has 0 bridgehead atoms. The van der Waals surface area contributed by atoms with Gasteiger partial charge in [-0.05, 0) is 48.9 Å². The molecular weight excluding hydrogens is 505 g/mol. The number of rotatable bonds is 4. The molecule has 6 nitrogen and oxygen atoms in total. The summed E-state index contributed by atoms with van der Waals surface area (Å²) in [5.74, 6) is 3.68. The Morgan fingerprint density at radius 3 is 2.34 bits per heavy atom. The number of anilines is 1. The van der Waals surface area contributed by atoms with Crippen LogP contribution in [-0.2, 0) is 0 Å². The Hall–Kier alpha value is -5.17. The first-order valence-corrected chi connectivity index (χ1v) is 13.9. The monoisotopic (exact) mass is 533 g/mol. The van der Waals surface area contributed by atoms with E-state index < -0.39 is 0 Å². The molecule has 0 radical (unpaired) electrons. The molecule has 198 valence electrons. The van der Waals surface area contributed by atoms with Gasteiger partial charge in [0.05, 0.1) is 17.7 Å². The van der Waals surface area contributed by atoms with Gasteiger partial charge < -0.3 is 19.3 Å². The van der Waals surface area contributed by atoms with Crippen molar-refractivity contribution in [3.63, 3.8) is 0 Å². The predicted molar refractivity (Wildman–Crippen MR) is 168 cm³/mol. The van der Waals surface area contributed by atoms with Crippen LogP contribution in [0.4, 0.5) is 5.69 Å². The lowest BCUT2D eigenvalue weighted by Gasteiger charge is -2.41. The predicted octanol–water partition coefficient (Wildman–Crippen LogP) is 5.53. The molecular formula is C34H28BN5O. The van der Waals surface area contributed by atoms with Crippen LogP contribution in [0.1, 0.15) is 0 Å². The number of benzene rings is 4. The Labute approximate surface area is 239 Å². The highest BCUT2D eigenvalue weighted by Crippen LogP contribution is 2.37. The fourth-order valence-electron chi connectivity index (χ4n) is 6.40. The Morgan fingerprint density at radius 1 is 0.732 bits per heavy atom. The van der Waals surface area contributed by atoms with Gasteiger partial charge in [0.25, 0.3) is 0 Å². The van der Waals surface area contributed by atoms with Gasteiger partial charge in [0.15, 0.2) is 0 Å². The van der Waals surface area contributed by atoms with E-state index >= 15 is 0 Å². The molecule has 2 aliphatic heterocycles. The van der Waals surface area contributed by atoms with Gasteiger partial charge in [-0.3, -0.25) is 4.57 Å². The van der Waals surface area contributed by atoms with Crippen molar-refractivity contribution >= 4 is 45.3 Å². The molecule has 4 aromatic carbocycles. The molecule has 0 saturated carbocycles. The number of fused-ring (bicyclic) bond motifs is 6. The summed E-state index contributed by atoms with van der Waals surface area (Å²) in [6.07, 6.45) is 4.05. The first-order valence-electron chi connectivity index (χ1n) is 13.9. The fourth-order valence-corrected chi connectivity index (χ4v) is 6.40. The van der Waals surface area contributed by atoms with Crippen molar-refractivity contribution in [1.29, 1.82) is 0 Å². The normalized spacial score (nSPS) is 14.4. The summed E-state index contributed by atoms with van der Waals surface area (Å²) in [5, 5.41) is 2.37. The van der Waals surface area contributed by atoms with Crippen LogP contribution < -0.4 is 20.6 Å². The van der Waals surface area contributed by atoms with Crippen LogP contribution in [0, 0.1) is 0 Å². The number of para-hydroxylation sites is 1. The molecule has 0 spiro atoms. The van der Waals surface area contributed by atoms with Crippen LogP contribution >= 0.6 is 0 Å². The average Bonchev–Trinajstić information content (AvgIpc) is 3.56. The van der Waals surface area contributed by atoms with E-state index in [2.05, 4.69) is 135 Å². The van der Waals surface area contributed by atoms with Crippen molar-refractivity contribution in [3.05, 3.63) is 127 Å². The number of hydrogen-bond acceptors (Lipinski definition) is 5. The lowest BCUT2D eigenvalue weighted by Crippen LogP contribution is -2.60. The topological polar surface area (TPSA) is 36.8 Å². The third-order valence-corrected chi connectivity index (χ3v) is 8.19. The van der Waals surface area contributed by atoms with E-state index in [1.54, 1.807) is 0 Å². The maximum Gasteiger partial charge on any atom is 0.326 e. The van der Waals surface area contributed by atoms with Crippen LogP contribution in [-0.4, -0.2) is 46.9 Å². The van der Waals surface area contributed by atoms with E-state index in [4.69, 9.17) is 4.74 Å². The number of nitrogens with zero attached hydrogens (tertiary/aromatic N) is 5. The molecule has 0 unspecified atom stereocenters. The minimum Gasteiger partial charge on any atom is -0.457 e. The van der Waals surface area contributed by atoms with Crippen molar-refractivity contribution in [2.45, 2.75) is 0 Å². The Morgan fingerprint density at radius 2 is 1.49 bits per heavy atom. The fraction of sp³-hybridized carbons (Fsp3) is 0.0882. The molecule has 8 rings (SSSR count). The standard InChI is InChI=1S/C34H28BN5O/c1-37-22-34-38(2)35(24-10-4-3-5-11-24)29-18-16-26(21-32(29)39(34)23-37)41-25-15-17-28-27-12-6-7-13-30(27)40(31(28)20-25)33-14-8-9-19-36-33/h3-22H,23H2,1-2H3. The molecule has 0 atom stereocenters. The van der Waals surface area contributed by atoms with E-state index in [0.29, 0.717) is 0 Å². The van der Waals surface area contributed by atoms with Gasteiger partial charge in [0.1, 0.15) is 23.1 Å². The molecule has 2 aromatic heterocycles. The van der Waals surface area contributed by atoms with Crippen molar-refractivity contribution in [2.24, 2.45) is 0 Å². The molecule has 0 aliphatic carbocycles. The molecule has 4 heterocycles. The summed E-state index contributed by atoms with van der Waals surface area (Å²) in [6.45, 7) is 0.924. The second kappa shape index (κ2) is 9.20. The molecule has 0 amide bonds. The zero-order valence-corrected chi connectivity index (χ0v) is 23.0. The summed E-state index contributed by atoms with van der Waals surface area (Å²) in [5.41, 5.74) is 5.91. The summed E-state index contributed by atoms with van der Waals surface area (Å²) < 4.78 is 8.79. The summed E-state index contributed by atoms with van der Waals surface area (Å²) in [7, 11) is 4.30. The van der Waals surface area contributed by atoms with Crippen molar-refractivity contribution in [3.8, 4) is 17.3 Å². The lowest BCUT2D eigenvalue weighted by atomic mass is 9.48. The molecule has 2 aliphatic rings. The summed E-state index contributed by atoms with van der Waals surface area (Å²) in [4.78, 5) is 11.6. The van der Waals surface area contributed by atoms with Gasteiger partial charge in [-0.25, -0.2) is 4.98 Å². The van der Waals surface area contributed by atoms with E-state index in [9.17, 15) is 0 Å². The van der Waals surface area contributed by atoms with E-state index in [1.165, 1.54) is 33.2 Å². The van der Waals surface area contributed by atoms with Crippen LogP contribution in [0.5, 0.6) is 11.5 Å². The third kappa shape index (κ3) is 3.77. The minimum atomic E-state index is 0.125. The van der Waals surface area contributed by atoms with Crippen LogP contribution in [0.25, 0.3) is 27.6 Å². The molecule has 0 saturated heterocycles. The second-order valence-corrected chi connectivity index (χ2v) is 10.8. The molecule has 41 heavy (non-hydrogen) atoms. The maximum atomic E-state index is 6.58. The number of aromatic nitrogens is 2. The van der Waals surface area contributed by atoms with Gasteiger partial charge >= 0.3 is 6.85 Å². The third-order valence-electron chi connectivity index (χ3n) is 8.19. The van der Waals surface area contributed by atoms with Gasteiger partial charge in [0.2, 0.25) is 0 Å². The second-order valence-electron chi connectivity index (χ2n) is 10.8. The molecule has 0 N–H and O–H groups in total. The largest absolute Gasteiger partial charge is 0.457 e. The highest BCUT2D eigenvalue weighted by atomic mass is 16.5. The first kappa shape index (κ1) is 23.7. The Bertz CT molecular complexity index is 1950. The van der Waals surface area contributed by atoms with Crippen LogP contribution in [0.2, 0.25) is 0 Å². The average molecular weight is 533 g/mol.